The van der Waals surface area contributed by atoms with Crippen LogP contribution in [0.3, 0.4) is 0 Å². The van der Waals surface area contributed by atoms with Gasteiger partial charge < -0.3 is 19.9 Å². The van der Waals surface area contributed by atoms with Gasteiger partial charge in [0.1, 0.15) is 0 Å². The Balaban J connectivity index is 2.79. The highest BCUT2D eigenvalue weighted by molar-refractivity contribution is 6.81. The molecule has 1 aromatic rings. The highest BCUT2D eigenvalue weighted by Gasteiger charge is 2.38. The fraction of sp³-hybridized carbons (Fsp3) is 0.500. The van der Waals surface area contributed by atoms with Gasteiger partial charge in [-0.2, -0.15) is 0 Å². The molecule has 0 atom stereocenters. The first-order valence-corrected chi connectivity index (χ1v) is 9.03. The molecule has 0 aliphatic heterocycles. The lowest BCUT2D eigenvalue weighted by Gasteiger charge is -2.30. The number of primary amides is 1. The van der Waals surface area contributed by atoms with Gasteiger partial charge in [0, 0.05) is 19.8 Å². The Bertz CT molecular complexity index is 395. The Morgan fingerprint density at radius 3 is 2.30 bits per heavy atom. The van der Waals surface area contributed by atoms with Gasteiger partial charge >= 0.3 is 14.6 Å². The molecule has 0 saturated heterocycles. The average molecular weight is 296 g/mol. The molecule has 1 aromatic carbocycles. The van der Waals surface area contributed by atoms with E-state index in [9.17, 15) is 4.79 Å². The largest absolute Gasteiger partial charge is 0.391 e. The minimum absolute atomic E-state index is 0.496. The molecular formula is C14H24N2O3Si. The normalized spacial score (nSPS) is 11.3. The SMILES string of the molecule is CCO[Si](CCCNC(N)=O)(OCC)c1ccccc1. The third-order valence-corrected chi connectivity index (χ3v) is 6.69. The molecule has 6 heteroatoms. The number of carbonyl (C=O) groups is 1. The molecule has 3 N–H and O–H groups in total. The van der Waals surface area contributed by atoms with Gasteiger partial charge in [-0.1, -0.05) is 30.3 Å². The Labute approximate surface area is 121 Å². The number of hydrogen-bond acceptors (Lipinski definition) is 3. The molecule has 0 bridgehead atoms. The number of rotatable bonds is 9. The molecule has 20 heavy (non-hydrogen) atoms. The first-order valence-electron chi connectivity index (χ1n) is 7.01. The lowest BCUT2D eigenvalue weighted by atomic mass is 10.4. The van der Waals surface area contributed by atoms with Gasteiger partial charge in [-0.3, -0.25) is 0 Å². The number of nitrogens with two attached hydrogens (primary N) is 1. The predicted molar refractivity (Wildman–Crippen MR) is 82.1 cm³/mol. The molecule has 0 unspecified atom stereocenters. The minimum atomic E-state index is -2.44. The average Bonchev–Trinajstić information content (AvgIpc) is 2.44. The van der Waals surface area contributed by atoms with E-state index in [1.54, 1.807) is 0 Å². The zero-order valence-electron chi connectivity index (χ0n) is 12.2. The van der Waals surface area contributed by atoms with Gasteiger partial charge in [0.15, 0.2) is 0 Å². The summed E-state index contributed by atoms with van der Waals surface area (Å²) < 4.78 is 12.1. The third kappa shape index (κ3) is 4.95. The summed E-state index contributed by atoms with van der Waals surface area (Å²) in [4.78, 5) is 10.7. The van der Waals surface area contributed by atoms with E-state index >= 15 is 0 Å². The van der Waals surface area contributed by atoms with Crippen molar-refractivity contribution in [2.24, 2.45) is 5.73 Å². The van der Waals surface area contributed by atoms with Crippen LogP contribution in [0.1, 0.15) is 20.3 Å². The molecule has 112 valence electrons. The monoisotopic (exact) mass is 296 g/mol. The van der Waals surface area contributed by atoms with Gasteiger partial charge in [0.2, 0.25) is 0 Å². The van der Waals surface area contributed by atoms with E-state index in [4.69, 9.17) is 14.6 Å². The summed E-state index contributed by atoms with van der Waals surface area (Å²) in [5.74, 6) is 0. The Kier molecular flexibility index (Phi) is 7.28. The highest BCUT2D eigenvalue weighted by Crippen LogP contribution is 2.16. The topological polar surface area (TPSA) is 73.6 Å². The highest BCUT2D eigenvalue weighted by atomic mass is 28.4. The van der Waals surface area contributed by atoms with Crippen molar-refractivity contribution >= 4 is 19.8 Å². The summed E-state index contributed by atoms with van der Waals surface area (Å²) in [6.45, 7) is 5.72. The van der Waals surface area contributed by atoms with Gasteiger partial charge in [-0.05, 0) is 31.5 Å². The first kappa shape index (κ1) is 16.7. The number of nitrogens with one attached hydrogen (secondary N) is 1. The summed E-state index contributed by atoms with van der Waals surface area (Å²) in [5, 5.41) is 3.73. The molecule has 0 aromatic heterocycles. The standard InChI is InChI=1S/C14H24N2O3Si/c1-3-18-20(19-4-2,12-8-11-16-14(15)17)13-9-6-5-7-10-13/h5-7,9-10H,3-4,8,11-12H2,1-2H3,(H3,15,16,17). The zero-order valence-corrected chi connectivity index (χ0v) is 13.2. The van der Waals surface area contributed by atoms with Crippen molar-refractivity contribution in [1.82, 2.24) is 5.32 Å². The molecular weight excluding hydrogens is 272 g/mol. The molecule has 2 amide bonds. The van der Waals surface area contributed by atoms with Gasteiger partial charge in [-0.15, -0.1) is 0 Å². The minimum Gasteiger partial charge on any atom is -0.391 e. The van der Waals surface area contributed by atoms with Crippen LogP contribution in [0.4, 0.5) is 4.79 Å². The number of benzene rings is 1. The molecule has 0 spiro atoms. The van der Waals surface area contributed by atoms with E-state index in [1.165, 1.54) is 0 Å². The Hall–Kier alpha value is -1.37. The zero-order chi connectivity index (χ0) is 14.8. The summed E-state index contributed by atoms with van der Waals surface area (Å²) in [5.41, 5.74) is 5.07. The second-order valence-corrected chi connectivity index (χ2v) is 7.54. The molecule has 0 saturated carbocycles. The molecule has 0 radical (unpaired) electrons. The molecule has 5 nitrogen and oxygen atoms in total. The van der Waals surface area contributed by atoms with Crippen molar-refractivity contribution in [3.63, 3.8) is 0 Å². The van der Waals surface area contributed by atoms with Crippen LogP contribution in [-0.4, -0.2) is 34.4 Å². The van der Waals surface area contributed by atoms with Crippen LogP contribution < -0.4 is 16.2 Å². The van der Waals surface area contributed by atoms with E-state index in [2.05, 4.69) is 17.4 Å². The first-order chi connectivity index (χ1) is 9.64. The second kappa shape index (κ2) is 8.73. The lowest BCUT2D eigenvalue weighted by molar-refractivity contribution is 0.195. The number of amides is 2. The fourth-order valence-electron chi connectivity index (χ4n) is 2.19. The maximum atomic E-state index is 10.7. The van der Waals surface area contributed by atoms with Crippen LogP contribution in [0.2, 0.25) is 6.04 Å². The maximum Gasteiger partial charge on any atom is 0.372 e. The second-order valence-electron chi connectivity index (χ2n) is 4.38. The van der Waals surface area contributed by atoms with E-state index < -0.39 is 14.6 Å². The smallest absolute Gasteiger partial charge is 0.372 e. The molecule has 1 rings (SSSR count). The van der Waals surface area contributed by atoms with Gasteiger partial charge in [-0.25, -0.2) is 4.79 Å². The van der Waals surface area contributed by atoms with Crippen molar-refractivity contribution in [2.75, 3.05) is 19.8 Å². The van der Waals surface area contributed by atoms with E-state index in [-0.39, 0.29) is 0 Å². The van der Waals surface area contributed by atoms with Crippen LogP contribution in [0.5, 0.6) is 0 Å². The van der Waals surface area contributed by atoms with Crippen LogP contribution in [-0.2, 0) is 8.85 Å². The lowest BCUT2D eigenvalue weighted by Crippen LogP contribution is -2.54. The van der Waals surface area contributed by atoms with Crippen molar-refractivity contribution < 1.29 is 13.6 Å². The van der Waals surface area contributed by atoms with Crippen molar-refractivity contribution in [1.29, 1.82) is 0 Å². The van der Waals surface area contributed by atoms with Crippen LogP contribution in [0.25, 0.3) is 0 Å². The summed E-state index contributed by atoms with van der Waals surface area (Å²) >= 11 is 0. The summed E-state index contributed by atoms with van der Waals surface area (Å²) in [6.07, 6.45) is 0.782. The molecule has 0 heterocycles. The van der Waals surface area contributed by atoms with Crippen LogP contribution >= 0.6 is 0 Å². The van der Waals surface area contributed by atoms with E-state index in [1.807, 2.05) is 32.0 Å². The Morgan fingerprint density at radius 2 is 1.80 bits per heavy atom. The predicted octanol–water partition coefficient (Wildman–Crippen LogP) is 1.47. The Morgan fingerprint density at radius 1 is 1.20 bits per heavy atom. The summed E-state index contributed by atoms with van der Waals surface area (Å²) in [6, 6.07) is 10.4. The van der Waals surface area contributed by atoms with Crippen molar-refractivity contribution in [3.05, 3.63) is 30.3 Å². The fourth-order valence-corrected chi connectivity index (χ4v) is 5.46. The van der Waals surface area contributed by atoms with Crippen molar-refractivity contribution in [2.45, 2.75) is 26.3 Å². The quantitative estimate of drug-likeness (QED) is 0.535. The van der Waals surface area contributed by atoms with E-state index in [0.29, 0.717) is 19.8 Å². The van der Waals surface area contributed by atoms with Crippen LogP contribution in [0, 0.1) is 0 Å². The number of hydrogen-bond donors (Lipinski definition) is 2. The number of urea groups is 1. The summed E-state index contributed by atoms with van der Waals surface area (Å²) in [7, 11) is -2.44. The molecule has 0 fully saturated rings. The van der Waals surface area contributed by atoms with E-state index in [0.717, 1.165) is 17.7 Å². The van der Waals surface area contributed by atoms with Gasteiger partial charge in [0.25, 0.3) is 0 Å². The maximum absolute atomic E-state index is 10.7. The number of carbonyl (C=O) groups excluding carboxylic acids is 1. The molecule has 0 aliphatic rings. The van der Waals surface area contributed by atoms with Crippen LogP contribution in [0.15, 0.2) is 30.3 Å². The molecule has 0 aliphatic carbocycles. The van der Waals surface area contributed by atoms with Crippen molar-refractivity contribution in [3.8, 4) is 0 Å². The van der Waals surface area contributed by atoms with Gasteiger partial charge in [0.05, 0.1) is 0 Å². The third-order valence-electron chi connectivity index (χ3n) is 2.95.